The lowest BCUT2D eigenvalue weighted by Crippen LogP contribution is -2.05. The standard InChI is InChI=1S/C13H12F3NO/c1-8-2-3-9(13(14,15)16)6-11(8)12-5-4-10(7-17)18-12/h2-6H,7,17H2,1H3. The normalized spacial score (nSPS) is 11.8. The summed E-state index contributed by atoms with van der Waals surface area (Å²) in [5.74, 6) is 0.945. The molecular formula is C13H12F3NO. The molecule has 0 aliphatic rings. The van der Waals surface area contributed by atoms with E-state index in [4.69, 9.17) is 10.2 Å². The molecular weight excluding hydrogens is 243 g/mol. The van der Waals surface area contributed by atoms with E-state index in [0.29, 0.717) is 17.1 Å². The molecule has 0 aliphatic carbocycles. The Labute approximate surface area is 102 Å². The highest BCUT2D eigenvalue weighted by atomic mass is 19.4. The van der Waals surface area contributed by atoms with Crippen molar-refractivity contribution in [3.8, 4) is 11.3 Å². The Morgan fingerprint density at radius 3 is 2.44 bits per heavy atom. The van der Waals surface area contributed by atoms with E-state index in [0.717, 1.165) is 17.7 Å². The zero-order valence-electron chi connectivity index (χ0n) is 9.71. The molecule has 2 nitrogen and oxygen atoms in total. The van der Waals surface area contributed by atoms with Crippen LogP contribution in [0.4, 0.5) is 13.2 Å². The second kappa shape index (κ2) is 4.49. The highest BCUT2D eigenvalue weighted by molar-refractivity contribution is 5.63. The predicted molar refractivity (Wildman–Crippen MR) is 61.8 cm³/mol. The van der Waals surface area contributed by atoms with Crippen molar-refractivity contribution in [3.05, 3.63) is 47.2 Å². The Hall–Kier alpha value is -1.75. The number of benzene rings is 1. The third kappa shape index (κ3) is 2.41. The molecule has 18 heavy (non-hydrogen) atoms. The van der Waals surface area contributed by atoms with Gasteiger partial charge in [0.1, 0.15) is 11.5 Å². The van der Waals surface area contributed by atoms with Crippen LogP contribution in [-0.4, -0.2) is 0 Å². The molecule has 0 unspecified atom stereocenters. The van der Waals surface area contributed by atoms with Crippen LogP contribution in [0.15, 0.2) is 34.7 Å². The molecule has 96 valence electrons. The van der Waals surface area contributed by atoms with Gasteiger partial charge in [0.15, 0.2) is 0 Å². The minimum atomic E-state index is -4.36. The SMILES string of the molecule is Cc1ccc(C(F)(F)F)cc1-c1ccc(CN)o1. The van der Waals surface area contributed by atoms with Gasteiger partial charge in [-0.3, -0.25) is 0 Å². The molecule has 0 saturated carbocycles. The predicted octanol–water partition coefficient (Wildman–Crippen LogP) is 3.73. The average molecular weight is 255 g/mol. The molecule has 5 heteroatoms. The minimum absolute atomic E-state index is 0.220. The Morgan fingerprint density at radius 2 is 1.89 bits per heavy atom. The molecule has 0 aliphatic heterocycles. The topological polar surface area (TPSA) is 39.2 Å². The first kappa shape index (κ1) is 12.7. The third-order valence-corrected chi connectivity index (χ3v) is 2.69. The number of furan rings is 1. The molecule has 1 heterocycles. The lowest BCUT2D eigenvalue weighted by Gasteiger charge is -2.09. The van der Waals surface area contributed by atoms with E-state index in [1.54, 1.807) is 19.1 Å². The van der Waals surface area contributed by atoms with E-state index in [2.05, 4.69) is 0 Å². The van der Waals surface area contributed by atoms with Crippen molar-refractivity contribution in [1.29, 1.82) is 0 Å². The van der Waals surface area contributed by atoms with E-state index >= 15 is 0 Å². The van der Waals surface area contributed by atoms with E-state index in [1.807, 2.05) is 0 Å². The van der Waals surface area contributed by atoms with Gasteiger partial charge in [-0.15, -0.1) is 0 Å². The number of aryl methyl sites for hydroxylation is 1. The highest BCUT2D eigenvalue weighted by Gasteiger charge is 2.31. The van der Waals surface area contributed by atoms with Crippen LogP contribution >= 0.6 is 0 Å². The quantitative estimate of drug-likeness (QED) is 0.888. The van der Waals surface area contributed by atoms with E-state index < -0.39 is 11.7 Å². The largest absolute Gasteiger partial charge is 0.460 e. The van der Waals surface area contributed by atoms with Crippen molar-refractivity contribution in [3.63, 3.8) is 0 Å². The first-order valence-corrected chi connectivity index (χ1v) is 5.39. The fraction of sp³-hybridized carbons (Fsp3) is 0.231. The molecule has 2 N–H and O–H groups in total. The van der Waals surface area contributed by atoms with Crippen molar-refractivity contribution in [1.82, 2.24) is 0 Å². The number of halogens is 3. The van der Waals surface area contributed by atoms with Crippen LogP contribution in [0.25, 0.3) is 11.3 Å². The maximum atomic E-state index is 12.6. The summed E-state index contributed by atoms with van der Waals surface area (Å²) < 4.78 is 43.3. The summed E-state index contributed by atoms with van der Waals surface area (Å²) in [7, 11) is 0. The van der Waals surface area contributed by atoms with Gasteiger partial charge in [0.2, 0.25) is 0 Å². The molecule has 0 fully saturated rings. The van der Waals surface area contributed by atoms with Crippen LogP contribution in [0.5, 0.6) is 0 Å². The van der Waals surface area contributed by atoms with Gasteiger partial charge in [-0.2, -0.15) is 13.2 Å². The molecule has 0 atom stereocenters. The fourth-order valence-electron chi connectivity index (χ4n) is 1.70. The molecule has 0 spiro atoms. The van der Waals surface area contributed by atoms with Gasteiger partial charge < -0.3 is 10.2 Å². The van der Waals surface area contributed by atoms with Gasteiger partial charge >= 0.3 is 6.18 Å². The summed E-state index contributed by atoms with van der Waals surface area (Å²) in [6.07, 6.45) is -4.36. The Kier molecular flexibility index (Phi) is 3.17. The second-order valence-corrected chi connectivity index (χ2v) is 4.00. The molecule has 0 radical (unpaired) electrons. The Balaban J connectivity index is 2.49. The van der Waals surface area contributed by atoms with E-state index in [9.17, 15) is 13.2 Å². The van der Waals surface area contributed by atoms with Gasteiger partial charge in [0.25, 0.3) is 0 Å². The summed E-state index contributed by atoms with van der Waals surface area (Å²) in [5, 5.41) is 0. The second-order valence-electron chi connectivity index (χ2n) is 4.00. The van der Waals surface area contributed by atoms with E-state index in [1.165, 1.54) is 6.07 Å². The monoisotopic (exact) mass is 255 g/mol. The van der Waals surface area contributed by atoms with Crippen molar-refractivity contribution < 1.29 is 17.6 Å². The molecule has 2 rings (SSSR count). The molecule has 2 aromatic rings. The average Bonchev–Trinajstić information content (AvgIpc) is 2.76. The fourth-order valence-corrected chi connectivity index (χ4v) is 1.70. The van der Waals surface area contributed by atoms with Gasteiger partial charge in [-0.25, -0.2) is 0 Å². The van der Waals surface area contributed by atoms with Crippen LogP contribution in [0.3, 0.4) is 0 Å². The zero-order valence-corrected chi connectivity index (χ0v) is 9.71. The lowest BCUT2D eigenvalue weighted by atomic mass is 10.0. The van der Waals surface area contributed by atoms with E-state index in [-0.39, 0.29) is 6.54 Å². The highest BCUT2D eigenvalue weighted by Crippen LogP contribution is 2.34. The summed E-state index contributed by atoms with van der Waals surface area (Å²) in [6, 6.07) is 6.88. The minimum Gasteiger partial charge on any atom is -0.460 e. The van der Waals surface area contributed by atoms with Crippen molar-refractivity contribution in [2.75, 3.05) is 0 Å². The third-order valence-electron chi connectivity index (χ3n) is 2.69. The summed E-state index contributed by atoms with van der Waals surface area (Å²) in [4.78, 5) is 0. The number of rotatable bonds is 2. The zero-order chi connectivity index (χ0) is 13.3. The molecule has 1 aromatic heterocycles. The summed E-state index contributed by atoms with van der Waals surface area (Å²) in [5.41, 5.74) is 5.88. The van der Waals surface area contributed by atoms with Crippen molar-refractivity contribution in [2.45, 2.75) is 19.6 Å². The molecule has 0 amide bonds. The van der Waals surface area contributed by atoms with Crippen LogP contribution < -0.4 is 5.73 Å². The van der Waals surface area contributed by atoms with Crippen molar-refractivity contribution >= 4 is 0 Å². The maximum absolute atomic E-state index is 12.6. The van der Waals surface area contributed by atoms with Crippen LogP contribution in [-0.2, 0) is 12.7 Å². The lowest BCUT2D eigenvalue weighted by molar-refractivity contribution is -0.137. The van der Waals surface area contributed by atoms with Gasteiger partial charge in [0, 0.05) is 5.56 Å². The van der Waals surface area contributed by atoms with Crippen LogP contribution in [0.1, 0.15) is 16.9 Å². The summed E-state index contributed by atoms with van der Waals surface area (Å²) >= 11 is 0. The molecule has 1 aromatic carbocycles. The Morgan fingerprint density at radius 1 is 1.17 bits per heavy atom. The molecule has 0 saturated heterocycles. The maximum Gasteiger partial charge on any atom is 0.416 e. The first-order chi connectivity index (χ1) is 8.41. The first-order valence-electron chi connectivity index (χ1n) is 5.39. The number of hydrogen-bond acceptors (Lipinski definition) is 2. The number of hydrogen-bond donors (Lipinski definition) is 1. The smallest absolute Gasteiger partial charge is 0.416 e. The number of alkyl halides is 3. The summed E-state index contributed by atoms with van der Waals surface area (Å²) in [6.45, 7) is 1.96. The van der Waals surface area contributed by atoms with Crippen LogP contribution in [0, 0.1) is 6.92 Å². The molecule has 0 bridgehead atoms. The Bertz CT molecular complexity index is 558. The van der Waals surface area contributed by atoms with Crippen molar-refractivity contribution in [2.24, 2.45) is 5.73 Å². The van der Waals surface area contributed by atoms with Crippen LogP contribution in [0.2, 0.25) is 0 Å². The van der Waals surface area contributed by atoms with Gasteiger partial charge in [-0.05, 0) is 36.8 Å². The van der Waals surface area contributed by atoms with Gasteiger partial charge in [0.05, 0.1) is 12.1 Å². The van der Waals surface area contributed by atoms with Gasteiger partial charge in [-0.1, -0.05) is 6.07 Å². The number of nitrogens with two attached hydrogens (primary N) is 1.